The van der Waals surface area contributed by atoms with E-state index in [1.54, 1.807) is 13.3 Å². The molecule has 0 N–H and O–H groups in total. The molecule has 2 atom stereocenters. The van der Waals surface area contributed by atoms with Gasteiger partial charge in [-0.25, -0.2) is 0 Å². The van der Waals surface area contributed by atoms with Gasteiger partial charge in [-0.2, -0.15) is 5.10 Å². The first-order valence-electron chi connectivity index (χ1n) is 4.79. The lowest BCUT2D eigenvalue weighted by atomic mass is 9.89. The van der Waals surface area contributed by atoms with Crippen LogP contribution in [0.1, 0.15) is 13.8 Å². The summed E-state index contributed by atoms with van der Waals surface area (Å²) in [5.41, 5.74) is 0.0622. The maximum absolute atomic E-state index is 5.42. The van der Waals surface area contributed by atoms with Gasteiger partial charge in [-0.3, -0.25) is 4.68 Å². The van der Waals surface area contributed by atoms with Gasteiger partial charge in [-0.1, -0.05) is 13.8 Å². The van der Waals surface area contributed by atoms with Crippen molar-refractivity contribution < 1.29 is 9.47 Å². The van der Waals surface area contributed by atoms with Crippen molar-refractivity contribution in [3.05, 3.63) is 18.5 Å². The zero-order valence-corrected chi connectivity index (χ0v) is 8.80. The predicted molar refractivity (Wildman–Crippen MR) is 51.7 cm³/mol. The Hall–Kier alpha value is -0.870. The molecule has 78 valence electrons. The molecular weight excluding hydrogens is 180 g/mol. The van der Waals surface area contributed by atoms with Crippen molar-refractivity contribution >= 4 is 0 Å². The van der Waals surface area contributed by atoms with E-state index >= 15 is 0 Å². The highest BCUT2D eigenvalue weighted by molar-refractivity contribution is 4.92. The number of methoxy groups -OCH3 is 1. The number of hydrogen-bond donors (Lipinski definition) is 0. The van der Waals surface area contributed by atoms with E-state index in [1.807, 2.05) is 16.9 Å². The average molecular weight is 196 g/mol. The summed E-state index contributed by atoms with van der Waals surface area (Å²) in [6, 6.07) is 1.93. The number of ether oxygens (including phenoxy) is 2. The van der Waals surface area contributed by atoms with Gasteiger partial charge in [0, 0.05) is 31.5 Å². The Morgan fingerprint density at radius 3 is 2.86 bits per heavy atom. The summed E-state index contributed by atoms with van der Waals surface area (Å²) in [6.07, 6.45) is 3.92. The van der Waals surface area contributed by atoms with E-state index in [4.69, 9.17) is 9.47 Å². The Morgan fingerprint density at radius 1 is 1.57 bits per heavy atom. The van der Waals surface area contributed by atoms with Crippen molar-refractivity contribution in [2.45, 2.75) is 32.8 Å². The lowest BCUT2D eigenvalue weighted by Crippen LogP contribution is -2.27. The van der Waals surface area contributed by atoms with Crippen LogP contribution in [0.15, 0.2) is 18.5 Å². The molecule has 0 aliphatic carbocycles. The van der Waals surface area contributed by atoms with Crippen molar-refractivity contribution in [3.8, 4) is 0 Å². The molecule has 1 aliphatic rings. The van der Waals surface area contributed by atoms with Gasteiger partial charge in [-0.15, -0.1) is 0 Å². The van der Waals surface area contributed by atoms with Gasteiger partial charge in [0.05, 0.1) is 0 Å². The topological polar surface area (TPSA) is 39.6 Å². The fourth-order valence-electron chi connectivity index (χ4n) is 1.73. The third kappa shape index (κ3) is 1.81. The zero-order chi connectivity index (χ0) is 10.2. The fourth-order valence-corrected chi connectivity index (χ4v) is 1.73. The molecule has 0 saturated carbocycles. The van der Waals surface area contributed by atoms with E-state index in [0.29, 0.717) is 0 Å². The summed E-state index contributed by atoms with van der Waals surface area (Å²) in [4.78, 5) is 0. The Kier molecular flexibility index (Phi) is 2.33. The summed E-state index contributed by atoms with van der Waals surface area (Å²) in [5.74, 6) is 0. The highest BCUT2D eigenvalue weighted by Gasteiger charge is 2.50. The summed E-state index contributed by atoms with van der Waals surface area (Å²) in [7, 11) is 1.68. The van der Waals surface area contributed by atoms with Crippen molar-refractivity contribution in [1.82, 2.24) is 9.78 Å². The van der Waals surface area contributed by atoms with Gasteiger partial charge in [0.1, 0.15) is 6.10 Å². The lowest BCUT2D eigenvalue weighted by molar-refractivity contribution is 0.0949. The van der Waals surface area contributed by atoms with Gasteiger partial charge in [-0.05, 0) is 6.07 Å². The second-order valence-corrected chi connectivity index (χ2v) is 4.35. The third-order valence-corrected chi connectivity index (χ3v) is 2.58. The molecule has 1 aliphatic heterocycles. The van der Waals surface area contributed by atoms with Gasteiger partial charge >= 0.3 is 0 Å². The average Bonchev–Trinajstić information content (AvgIpc) is 2.79. The predicted octanol–water partition coefficient (Wildman–Crippen LogP) is 1.28. The first-order valence-corrected chi connectivity index (χ1v) is 4.79. The number of rotatable bonds is 4. The van der Waals surface area contributed by atoms with Gasteiger partial charge < -0.3 is 9.47 Å². The number of aromatic nitrogens is 2. The van der Waals surface area contributed by atoms with E-state index in [2.05, 4.69) is 18.9 Å². The molecule has 0 radical (unpaired) electrons. The minimum Gasteiger partial charge on any atom is -0.353 e. The number of epoxide rings is 1. The largest absolute Gasteiger partial charge is 0.353 e. The van der Waals surface area contributed by atoms with Gasteiger partial charge in [0.2, 0.25) is 0 Å². The molecule has 0 aromatic carbocycles. The second kappa shape index (κ2) is 3.37. The molecule has 2 rings (SSSR count). The van der Waals surface area contributed by atoms with Crippen LogP contribution in [0.25, 0.3) is 0 Å². The number of hydrogen-bond acceptors (Lipinski definition) is 3. The lowest BCUT2D eigenvalue weighted by Gasteiger charge is -2.21. The standard InChI is InChI=1S/C10H16N2O2/c1-10(2,8-9(13-3)14-8)7-12-6-4-5-11-12/h4-6,8-9H,7H2,1-3H3. The Balaban J connectivity index is 1.96. The molecule has 0 spiro atoms. The SMILES string of the molecule is COC1OC1C(C)(C)Cn1cccn1. The first-order chi connectivity index (χ1) is 6.63. The van der Waals surface area contributed by atoms with Crippen LogP contribution in [0.3, 0.4) is 0 Å². The normalized spacial score (nSPS) is 26.5. The summed E-state index contributed by atoms with van der Waals surface area (Å²) in [5, 5.41) is 4.18. The van der Waals surface area contributed by atoms with E-state index in [0.717, 1.165) is 6.54 Å². The number of nitrogens with zero attached hydrogens (tertiary/aromatic N) is 2. The van der Waals surface area contributed by atoms with Crippen molar-refractivity contribution in [2.24, 2.45) is 5.41 Å². The van der Waals surface area contributed by atoms with Crippen LogP contribution in [-0.2, 0) is 16.0 Å². The van der Waals surface area contributed by atoms with Crippen LogP contribution in [-0.4, -0.2) is 29.3 Å². The Labute approximate surface area is 83.8 Å². The van der Waals surface area contributed by atoms with Crippen LogP contribution in [0, 0.1) is 5.41 Å². The van der Waals surface area contributed by atoms with Crippen molar-refractivity contribution in [1.29, 1.82) is 0 Å². The highest BCUT2D eigenvalue weighted by Crippen LogP contribution is 2.39. The molecule has 2 unspecified atom stereocenters. The smallest absolute Gasteiger partial charge is 0.184 e. The molecule has 0 bridgehead atoms. The van der Waals surface area contributed by atoms with Crippen molar-refractivity contribution in [3.63, 3.8) is 0 Å². The highest BCUT2D eigenvalue weighted by atomic mass is 16.8. The second-order valence-electron chi connectivity index (χ2n) is 4.35. The van der Waals surface area contributed by atoms with Crippen LogP contribution in [0.2, 0.25) is 0 Å². The van der Waals surface area contributed by atoms with Gasteiger partial charge in [0.15, 0.2) is 6.29 Å². The molecule has 1 aromatic heterocycles. The summed E-state index contributed by atoms with van der Waals surface area (Å²) < 4.78 is 12.5. The Bertz CT molecular complexity index is 295. The molecule has 14 heavy (non-hydrogen) atoms. The van der Waals surface area contributed by atoms with Gasteiger partial charge in [0.25, 0.3) is 0 Å². The molecule has 2 heterocycles. The molecular formula is C10H16N2O2. The Morgan fingerprint density at radius 2 is 2.36 bits per heavy atom. The van der Waals surface area contributed by atoms with Crippen LogP contribution < -0.4 is 0 Å². The molecule has 1 fully saturated rings. The van der Waals surface area contributed by atoms with Crippen LogP contribution in [0.5, 0.6) is 0 Å². The molecule has 4 nitrogen and oxygen atoms in total. The minimum atomic E-state index is -0.0273. The minimum absolute atomic E-state index is 0.0273. The molecule has 1 saturated heterocycles. The van der Waals surface area contributed by atoms with Crippen LogP contribution in [0.4, 0.5) is 0 Å². The van der Waals surface area contributed by atoms with E-state index < -0.39 is 0 Å². The molecule has 1 aromatic rings. The molecule has 4 heteroatoms. The molecule has 0 amide bonds. The van der Waals surface area contributed by atoms with E-state index in [-0.39, 0.29) is 17.8 Å². The third-order valence-electron chi connectivity index (χ3n) is 2.58. The zero-order valence-electron chi connectivity index (χ0n) is 8.80. The maximum Gasteiger partial charge on any atom is 0.184 e. The maximum atomic E-state index is 5.42. The van der Waals surface area contributed by atoms with E-state index in [1.165, 1.54) is 0 Å². The monoisotopic (exact) mass is 196 g/mol. The quantitative estimate of drug-likeness (QED) is 0.681. The van der Waals surface area contributed by atoms with Crippen molar-refractivity contribution in [2.75, 3.05) is 7.11 Å². The fraction of sp³-hybridized carbons (Fsp3) is 0.700. The summed E-state index contributed by atoms with van der Waals surface area (Å²) in [6.45, 7) is 5.18. The van der Waals surface area contributed by atoms with E-state index in [9.17, 15) is 0 Å². The van der Waals surface area contributed by atoms with Crippen LogP contribution >= 0.6 is 0 Å². The summed E-state index contributed by atoms with van der Waals surface area (Å²) >= 11 is 0. The first kappa shape index (κ1) is 9.68.